The number of oxazole rings is 1. The third-order valence-electron chi connectivity index (χ3n) is 4.50. The molecule has 8 heteroatoms. The first-order valence-corrected chi connectivity index (χ1v) is 8.80. The number of benzene rings is 1. The van der Waals surface area contributed by atoms with Crippen LogP contribution in [0.1, 0.15) is 35.8 Å². The van der Waals surface area contributed by atoms with E-state index in [0.29, 0.717) is 19.1 Å². The Hall–Kier alpha value is -3.03. The van der Waals surface area contributed by atoms with Crippen LogP contribution < -0.4 is 15.0 Å². The predicted molar refractivity (Wildman–Crippen MR) is 98.0 cm³/mol. The summed E-state index contributed by atoms with van der Waals surface area (Å²) in [6.45, 7) is 4.63. The van der Waals surface area contributed by atoms with Crippen molar-refractivity contribution in [3.63, 3.8) is 0 Å². The molecule has 2 atom stereocenters. The zero-order valence-electron chi connectivity index (χ0n) is 15.6. The van der Waals surface area contributed by atoms with Gasteiger partial charge in [0.1, 0.15) is 12.0 Å². The van der Waals surface area contributed by atoms with Gasteiger partial charge in [0.15, 0.2) is 5.69 Å². The summed E-state index contributed by atoms with van der Waals surface area (Å²) >= 11 is 0. The number of esters is 1. The van der Waals surface area contributed by atoms with Crippen LogP contribution in [0.4, 0.5) is 6.01 Å². The monoisotopic (exact) mass is 373 g/mol. The van der Waals surface area contributed by atoms with Gasteiger partial charge in [0.2, 0.25) is 5.91 Å². The SMILES string of the molecule is CCOC(=O)c1coc(N2C[C@@H](NC(C)=O)[C@H](c3ccc(OC)cc3)C2)n1. The fraction of sp³-hybridized carbons (Fsp3) is 0.421. The van der Waals surface area contributed by atoms with Crippen molar-refractivity contribution in [2.45, 2.75) is 25.8 Å². The summed E-state index contributed by atoms with van der Waals surface area (Å²) in [5, 5.41) is 3.00. The summed E-state index contributed by atoms with van der Waals surface area (Å²) in [6.07, 6.45) is 1.29. The van der Waals surface area contributed by atoms with Crippen LogP contribution in [0.5, 0.6) is 5.75 Å². The smallest absolute Gasteiger partial charge is 0.360 e. The van der Waals surface area contributed by atoms with E-state index in [1.165, 1.54) is 13.2 Å². The summed E-state index contributed by atoms with van der Waals surface area (Å²) < 4.78 is 15.6. The van der Waals surface area contributed by atoms with E-state index in [9.17, 15) is 9.59 Å². The molecule has 2 heterocycles. The van der Waals surface area contributed by atoms with E-state index in [1.807, 2.05) is 29.2 Å². The molecule has 1 aliphatic rings. The maximum Gasteiger partial charge on any atom is 0.360 e. The Balaban J connectivity index is 1.80. The van der Waals surface area contributed by atoms with Crippen LogP contribution >= 0.6 is 0 Å². The van der Waals surface area contributed by atoms with Gasteiger partial charge in [-0.3, -0.25) is 4.79 Å². The van der Waals surface area contributed by atoms with Crippen LogP contribution in [0.3, 0.4) is 0 Å². The Bertz CT molecular complexity index is 802. The molecule has 144 valence electrons. The highest BCUT2D eigenvalue weighted by molar-refractivity contribution is 5.87. The van der Waals surface area contributed by atoms with Crippen LogP contribution in [-0.4, -0.2) is 49.7 Å². The lowest BCUT2D eigenvalue weighted by Gasteiger charge is -2.19. The van der Waals surface area contributed by atoms with Crippen molar-refractivity contribution in [3.05, 3.63) is 41.8 Å². The van der Waals surface area contributed by atoms with Gasteiger partial charge in [0, 0.05) is 25.9 Å². The number of amides is 1. The summed E-state index contributed by atoms with van der Waals surface area (Å²) in [4.78, 5) is 29.6. The molecule has 0 radical (unpaired) electrons. The number of nitrogens with one attached hydrogen (secondary N) is 1. The first-order valence-electron chi connectivity index (χ1n) is 8.80. The molecule has 3 rings (SSSR count). The lowest BCUT2D eigenvalue weighted by atomic mass is 9.94. The van der Waals surface area contributed by atoms with Crippen molar-refractivity contribution in [3.8, 4) is 5.75 Å². The van der Waals surface area contributed by atoms with Crippen LogP contribution in [0.2, 0.25) is 0 Å². The van der Waals surface area contributed by atoms with Crippen LogP contribution in [0.25, 0.3) is 0 Å². The Morgan fingerprint density at radius 1 is 1.30 bits per heavy atom. The quantitative estimate of drug-likeness (QED) is 0.774. The summed E-state index contributed by atoms with van der Waals surface area (Å²) in [6, 6.07) is 8.00. The van der Waals surface area contributed by atoms with E-state index in [-0.39, 0.29) is 30.2 Å². The molecule has 0 unspecified atom stereocenters. The minimum atomic E-state index is -0.517. The molecule has 1 aliphatic heterocycles. The molecule has 1 N–H and O–H groups in total. The van der Waals surface area contributed by atoms with Crippen molar-refractivity contribution in [2.75, 3.05) is 31.7 Å². The Labute approximate surface area is 157 Å². The summed E-state index contributed by atoms with van der Waals surface area (Å²) in [5.41, 5.74) is 1.21. The molecule has 1 aromatic carbocycles. The Morgan fingerprint density at radius 3 is 2.67 bits per heavy atom. The molecule has 0 saturated carbocycles. The highest BCUT2D eigenvalue weighted by Gasteiger charge is 2.36. The first-order chi connectivity index (χ1) is 13.0. The van der Waals surface area contributed by atoms with E-state index < -0.39 is 5.97 Å². The maximum absolute atomic E-state index is 11.8. The number of carbonyl (C=O) groups is 2. The van der Waals surface area contributed by atoms with Crippen LogP contribution in [0.15, 0.2) is 34.9 Å². The van der Waals surface area contributed by atoms with Gasteiger partial charge in [-0.25, -0.2) is 4.79 Å². The number of carbonyl (C=O) groups excluding carboxylic acids is 2. The molecule has 8 nitrogen and oxygen atoms in total. The minimum Gasteiger partial charge on any atom is -0.497 e. The molecule has 1 saturated heterocycles. The topological polar surface area (TPSA) is 93.9 Å². The molecular weight excluding hydrogens is 350 g/mol. The summed E-state index contributed by atoms with van der Waals surface area (Å²) in [7, 11) is 1.62. The summed E-state index contributed by atoms with van der Waals surface area (Å²) in [5.74, 6) is 0.214. The van der Waals surface area contributed by atoms with Gasteiger partial charge < -0.3 is 24.1 Å². The van der Waals surface area contributed by atoms with Gasteiger partial charge in [0.05, 0.1) is 19.8 Å². The number of nitrogens with zero attached hydrogens (tertiary/aromatic N) is 2. The number of ether oxygens (including phenoxy) is 2. The second-order valence-corrected chi connectivity index (χ2v) is 6.33. The average Bonchev–Trinajstić information content (AvgIpc) is 3.29. The second-order valence-electron chi connectivity index (χ2n) is 6.33. The molecule has 27 heavy (non-hydrogen) atoms. The lowest BCUT2D eigenvalue weighted by Crippen LogP contribution is -2.38. The number of aromatic nitrogens is 1. The van der Waals surface area contributed by atoms with Gasteiger partial charge in [-0.05, 0) is 24.6 Å². The number of methoxy groups -OCH3 is 1. The first kappa shape index (κ1) is 18.8. The normalized spacial score (nSPS) is 19.0. The van der Waals surface area contributed by atoms with Crippen molar-refractivity contribution in [1.82, 2.24) is 10.3 Å². The fourth-order valence-corrected chi connectivity index (χ4v) is 3.26. The van der Waals surface area contributed by atoms with Gasteiger partial charge >= 0.3 is 5.97 Å². The lowest BCUT2D eigenvalue weighted by molar-refractivity contribution is -0.119. The third kappa shape index (κ3) is 4.21. The van der Waals surface area contributed by atoms with Gasteiger partial charge in [0.25, 0.3) is 6.01 Å². The molecule has 1 aromatic heterocycles. The Kier molecular flexibility index (Phi) is 5.63. The number of hydrogen-bond donors (Lipinski definition) is 1. The van der Waals surface area contributed by atoms with Crippen LogP contribution in [0, 0.1) is 0 Å². The third-order valence-corrected chi connectivity index (χ3v) is 4.50. The van der Waals surface area contributed by atoms with Gasteiger partial charge in [-0.1, -0.05) is 12.1 Å². The van der Waals surface area contributed by atoms with Crippen molar-refractivity contribution in [2.24, 2.45) is 0 Å². The van der Waals surface area contributed by atoms with Gasteiger partial charge in [-0.15, -0.1) is 0 Å². The van der Waals surface area contributed by atoms with Crippen LogP contribution in [-0.2, 0) is 9.53 Å². The molecule has 1 amide bonds. The molecule has 0 aliphatic carbocycles. The molecule has 1 fully saturated rings. The Morgan fingerprint density at radius 2 is 2.04 bits per heavy atom. The van der Waals surface area contributed by atoms with E-state index in [4.69, 9.17) is 13.9 Å². The number of anilines is 1. The van der Waals surface area contributed by atoms with Crippen molar-refractivity contribution in [1.29, 1.82) is 0 Å². The fourth-order valence-electron chi connectivity index (χ4n) is 3.26. The molecule has 0 spiro atoms. The highest BCUT2D eigenvalue weighted by atomic mass is 16.5. The van der Waals surface area contributed by atoms with E-state index in [0.717, 1.165) is 11.3 Å². The minimum absolute atomic E-state index is 0.0535. The molecule has 2 aromatic rings. The van der Waals surface area contributed by atoms with Crippen molar-refractivity contribution >= 4 is 17.9 Å². The van der Waals surface area contributed by atoms with E-state index in [1.54, 1.807) is 14.0 Å². The highest BCUT2D eigenvalue weighted by Crippen LogP contribution is 2.32. The van der Waals surface area contributed by atoms with Gasteiger partial charge in [-0.2, -0.15) is 4.98 Å². The zero-order valence-corrected chi connectivity index (χ0v) is 15.6. The average molecular weight is 373 g/mol. The molecular formula is C19H23N3O5. The standard InChI is InChI=1S/C19H23N3O5/c1-4-26-18(24)17-11-27-19(21-17)22-9-15(16(10-22)20-12(2)23)13-5-7-14(25-3)8-6-13/h5-8,11,15-16H,4,9-10H2,1-3H3,(H,20,23)/t15-,16+/m0/s1. The van der Waals surface area contributed by atoms with E-state index in [2.05, 4.69) is 10.3 Å². The van der Waals surface area contributed by atoms with Crippen molar-refractivity contribution < 1.29 is 23.5 Å². The zero-order chi connectivity index (χ0) is 19.4. The largest absolute Gasteiger partial charge is 0.497 e. The molecule has 0 bridgehead atoms. The number of rotatable bonds is 6. The predicted octanol–water partition coefficient (Wildman–Crippen LogP) is 1.97. The number of hydrogen-bond acceptors (Lipinski definition) is 7. The second kappa shape index (κ2) is 8.11. The van der Waals surface area contributed by atoms with E-state index >= 15 is 0 Å². The maximum atomic E-state index is 11.8.